The van der Waals surface area contributed by atoms with E-state index in [1.54, 1.807) is 19.2 Å². The molecule has 0 radical (unpaired) electrons. The van der Waals surface area contributed by atoms with Crippen molar-refractivity contribution in [2.45, 2.75) is 25.0 Å². The maximum atomic E-state index is 11.7. The molecule has 27 heavy (non-hydrogen) atoms. The van der Waals surface area contributed by atoms with Gasteiger partial charge in [-0.1, -0.05) is 12.1 Å². The number of benzene rings is 2. The van der Waals surface area contributed by atoms with Crippen molar-refractivity contribution in [3.05, 3.63) is 54.1 Å². The summed E-state index contributed by atoms with van der Waals surface area (Å²) in [6.07, 6.45) is 3.29. The molecule has 0 spiro atoms. The second kappa shape index (κ2) is 7.61. The van der Waals surface area contributed by atoms with Crippen molar-refractivity contribution in [3.8, 4) is 17.2 Å². The highest BCUT2D eigenvalue weighted by atomic mass is 16.5. The fourth-order valence-corrected chi connectivity index (χ4v) is 4.50. The van der Waals surface area contributed by atoms with Gasteiger partial charge in [0.15, 0.2) is 0 Å². The van der Waals surface area contributed by atoms with Crippen LogP contribution in [0.2, 0.25) is 0 Å². The number of likely N-dealkylation sites (tertiary alicyclic amines) is 1. The summed E-state index contributed by atoms with van der Waals surface area (Å²) >= 11 is 0. The number of methoxy groups -OCH3 is 1. The first-order valence-corrected chi connectivity index (χ1v) is 9.45. The van der Waals surface area contributed by atoms with Crippen LogP contribution in [0.4, 0.5) is 0 Å². The molecule has 0 aromatic heterocycles. The average Bonchev–Trinajstić information content (AvgIpc) is 3.23. The van der Waals surface area contributed by atoms with Crippen LogP contribution in [0.3, 0.4) is 0 Å². The summed E-state index contributed by atoms with van der Waals surface area (Å²) in [6.45, 7) is 1.83. The Balaban J connectivity index is 1.35. The van der Waals surface area contributed by atoms with E-state index in [-0.39, 0.29) is 17.9 Å². The molecule has 1 aliphatic carbocycles. The molecule has 0 bridgehead atoms. The third kappa shape index (κ3) is 3.78. The van der Waals surface area contributed by atoms with Gasteiger partial charge in [0.1, 0.15) is 23.5 Å². The van der Waals surface area contributed by atoms with E-state index < -0.39 is 0 Å². The van der Waals surface area contributed by atoms with Gasteiger partial charge in [-0.3, -0.25) is 4.90 Å². The van der Waals surface area contributed by atoms with Gasteiger partial charge < -0.3 is 19.4 Å². The molecule has 142 valence electrons. The van der Waals surface area contributed by atoms with E-state index in [9.17, 15) is 9.90 Å². The smallest absolute Gasteiger partial charge is 0.141 e. The molecule has 1 N–H and O–H groups in total. The van der Waals surface area contributed by atoms with E-state index in [2.05, 4.69) is 4.90 Å². The van der Waals surface area contributed by atoms with Crippen LogP contribution in [0, 0.1) is 11.8 Å². The van der Waals surface area contributed by atoms with E-state index in [0.29, 0.717) is 11.8 Å². The minimum Gasteiger partial charge on any atom is -0.508 e. The van der Waals surface area contributed by atoms with Crippen LogP contribution in [0.1, 0.15) is 24.4 Å². The highest BCUT2D eigenvalue weighted by Crippen LogP contribution is 2.42. The van der Waals surface area contributed by atoms with Crippen molar-refractivity contribution >= 4 is 6.29 Å². The standard InChI is InChI=1S/C22H25NO4/c1-26-19-6-8-20(9-7-19)27-21-10-16-12-23(13-17(16)11-21)22(14-24)15-2-4-18(25)5-3-15/h2-9,14,16-17,21-22,25H,10-13H2,1H3/t16-,17+,21?,22?. The number of carbonyl (C=O) groups excluding carboxylic acids is 1. The van der Waals surface area contributed by atoms with E-state index in [0.717, 1.165) is 49.3 Å². The van der Waals surface area contributed by atoms with Gasteiger partial charge in [-0.05, 0) is 66.6 Å². The molecule has 2 aromatic carbocycles. The molecule has 5 heteroatoms. The third-order valence-electron chi connectivity index (χ3n) is 5.86. The number of phenolic OH excluding ortho intramolecular Hbond substituents is 1. The maximum Gasteiger partial charge on any atom is 0.141 e. The SMILES string of the molecule is COc1ccc(OC2C[C@@H]3CN(C(C=O)c4ccc(O)cc4)C[C@@H]3C2)cc1. The number of aldehydes is 1. The lowest BCUT2D eigenvalue weighted by molar-refractivity contribution is -0.112. The first-order chi connectivity index (χ1) is 13.2. The summed E-state index contributed by atoms with van der Waals surface area (Å²) in [5, 5.41) is 9.46. The number of rotatable bonds is 6. The first-order valence-electron chi connectivity index (χ1n) is 9.45. The van der Waals surface area contributed by atoms with Crippen LogP contribution in [0.15, 0.2) is 48.5 Å². The zero-order valence-corrected chi connectivity index (χ0v) is 15.5. The van der Waals surface area contributed by atoms with Crippen LogP contribution >= 0.6 is 0 Å². The van der Waals surface area contributed by atoms with Crippen molar-refractivity contribution in [1.82, 2.24) is 4.90 Å². The largest absolute Gasteiger partial charge is 0.508 e. The van der Waals surface area contributed by atoms with Gasteiger partial charge in [0.05, 0.1) is 19.3 Å². The number of hydrogen-bond acceptors (Lipinski definition) is 5. The predicted octanol–water partition coefficient (Wildman–Crippen LogP) is 3.43. The Labute approximate surface area is 159 Å². The van der Waals surface area contributed by atoms with Gasteiger partial charge in [0.2, 0.25) is 0 Å². The number of carbonyl (C=O) groups is 1. The molecule has 1 aliphatic heterocycles. The maximum absolute atomic E-state index is 11.7. The van der Waals surface area contributed by atoms with Gasteiger partial charge in [-0.2, -0.15) is 0 Å². The Bertz CT molecular complexity index is 760. The topological polar surface area (TPSA) is 59.0 Å². The second-order valence-corrected chi connectivity index (χ2v) is 7.53. The molecule has 2 aromatic rings. The molecular weight excluding hydrogens is 342 g/mol. The van der Waals surface area contributed by atoms with E-state index in [1.165, 1.54) is 0 Å². The van der Waals surface area contributed by atoms with Gasteiger partial charge in [-0.25, -0.2) is 0 Å². The van der Waals surface area contributed by atoms with Crippen LogP contribution in [0.5, 0.6) is 17.2 Å². The summed E-state index contributed by atoms with van der Waals surface area (Å²) in [4.78, 5) is 14.0. The fraction of sp³-hybridized carbons (Fsp3) is 0.409. The Morgan fingerprint density at radius 3 is 2.15 bits per heavy atom. The van der Waals surface area contributed by atoms with E-state index in [4.69, 9.17) is 9.47 Å². The molecule has 2 unspecified atom stereocenters. The summed E-state index contributed by atoms with van der Waals surface area (Å²) < 4.78 is 11.3. The van der Waals surface area contributed by atoms with Crippen molar-refractivity contribution < 1.29 is 19.4 Å². The molecule has 2 fully saturated rings. The molecular formula is C22H25NO4. The number of nitrogens with zero attached hydrogens (tertiary/aromatic N) is 1. The van der Waals surface area contributed by atoms with E-state index >= 15 is 0 Å². The lowest BCUT2D eigenvalue weighted by atomic mass is 10.0. The van der Waals surface area contributed by atoms with Crippen LogP contribution < -0.4 is 9.47 Å². The molecule has 4 atom stereocenters. The number of phenols is 1. The molecule has 1 heterocycles. The number of hydrogen-bond donors (Lipinski definition) is 1. The van der Waals surface area contributed by atoms with Gasteiger partial charge in [0, 0.05) is 13.1 Å². The van der Waals surface area contributed by atoms with Crippen molar-refractivity contribution in [1.29, 1.82) is 0 Å². The number of fused-ring (bicyclic) bond motifs is 1. The first kappa shape index (κ1) is 17.9. The summed E-state index contributed by atoms with van der Waals surface area (Å²) in [6, 6.07) is 14.4. The fourth-order valence-electron chi connectivity index (χ4n) is 4.50. The van der Waals surface area contributed by atoms with Gasteiger partial charge >= 0.3 is 0 Å². The Morgan fingerprint density at radius 1 is 1.00 bits per heavy atom. The van der Waals surface area contributed by atoms with Crippen LogP contribution in [-0.2, 0) is 4.79 Å². The predicted molar refractivity (Wildman–Crippen MR) is 102 cm³/mol. The highest BCUT2D eigenvalue weighted by molar-refractivity contribution is 5.61. The monoisotopic (exact) mass is 367 g/mol. The molecule has 5 nitrogen and oxygen atoms in total. The number of ether oxygens (including phenoxy) is 2. The molecule has 1 saturated carbocycles. The summed E-state index contributed by atoms with van der Waals surface area (Å²) in [7, 11) is 1.66. The lowest BCUT2D eigenvalue weighted by Crippen LogP contribution is -2.29. The number of aromatic hydroxyl groups is 1. The molecule has 0 amide bonds. The Morgan fingerprint density at radius 2 is 1.59 bits per heavy atom. The summed E-state index contributed by atoms with van der Waals surface area (Å²) in [5.41, 5.74) is 0.939. The van der Waals surface area contributed by atoms with Crippen LogP contribution in [-0.4, -0.2) is 42.6 Å². The zero-order valence-electron chi connectivity index (χ0n) is 15.5. The Kier molecular flexibility index (Phi) is 5.03. The molecule has 2 aliphatic rings. The van der Waals surface area contributed by atoms with Crippen molar-refractivity contribution in [2.24, 2.45) is 11.8 Å². The molecule has 4 rings (SSSR count). The lowest BCUT2D eigenvalue weighted by Gasteiger charge is -2.25. The quantitative estimate of drug-likeness (QED) is 0.793. The normalized spacial score (nSPS) is 25.7. The van der Waals surface area contributed by atoms with Crippen molar-refractivity contribution in [3.63, 3.8) is 0 Å². The molecule has 1 saturated heterocycles. The minimum atomic E-state index is -0.239. The van der Waals surface area contributed by atoms with Crippen LogP contribution in [0.25, 0.3) is 0 Å². The Hall–Kier alpha value is -2.53. The minimum absolute atomic E-state index is 0.222. The van der Waals surface area contributed by atoms with Gasteiger partial charge in [0.25, 0.3) is 0 Å². The third-order valence-corrected chi connectivity index (χ3v) is 5.86. The zero-order chi connectivity index (χ0) is 18.8. The van der Waals surface area contributed by atoms with Crippen molar-refractivity contribution in [2.75, 3.05) is 20.2 Å². The highest BCUT2D eigenvalue weighted by Gasteiger charge is 2.43. The second-order valence-electron chi connectivity index (χ2n) is 7.53. The van der Waals surface area contributed by atoms with E-state index in [1.807, 2.05) is 36.4 Å². The summed E-state index contributed by atoms with van der Waals surface area (Å²) in [5.74, 6) is 3.06. The van der Waals surface area contributed by atoms with Gasteiger partial charge in [-0.15, -0.1) is 0 Å². The average molecular weight is 367 g/mol.